The molecular formula is C18H19NO4. The van der Waals surface area contributed by atoms with Gasteiger partial charge in [-0.2, -0.15) is 0 Å². The highest BCUT2D eigenvalue weighted by molar-refractivity contribution is 6.38. The van der Waals surface area contributed by atoms with Crippen molar-refractivity contribution in [3.05, 3.63) is 59.4 Å². The number of nitrogens with zero attached hydrogens (tertiary/aromatic N) is 1. The van der Waals surface area contributed by atoms with E-state index in [4.69, 9.17) is 0 Å². The predicted octanol–water partition coefficient (Wildman–Crippen LogP) is 2.55. The molecule has 0 aliphatic heterocycles. The van der Waals surface area contributed by atoms with Gasteiger partial charge in [-0.1, -0.05) is 29.8 Å². The van der Waals surface area contributed by atoms with E-state index in [1.807, 2.05) is 31.2 Å². The molecule has 0 fully saturated rings. The minimum absolute atomic E-state index is 0.114. The van der Waals surface area contributed by atoms with Crippen molar-refractivity contribution in [2.75, 3.05) is 6.61 Å². The van der Waals surface area contributed by atoms with E-state index in [1.54, 1.807) is 29.8 Å². The number of carbonyl (C=O) groups excluding carboxylic acids is 3. The summed E-state index contributed by atoms with van der Waals surface area (Å²) in [6.07, 6.45) is 1.30. The molecule has 1 aromatic heterocycles. The van der Waals surface area contributed by atoms with Crippen LogP contribution in [0.4, 0.5) is 0 Å². The molecule has 0 aliphatic rings. The Kier molecular flexibility index (Phi) is 5.46. The number of hydrogen-bond acceptors (Lipinski definition) is 4. The van der Waals surface area contributed by atoms with E-state index < -0.39 is 18.2 Å². The maximum Gasteiger partial charge on any atom is 0.375 e. The molecule has 1 heterocycles. The quantitative estimate of drug-likeness (QED) is 0.341. The fraction of sp³-hybridized carbons (Fsp3) is 0.278. The molecule has 0 saturated heterocycles. The third kappa shape index (κ3) is 4.39. The average molecular weight is 313 g/mol. The summed E-state index contributed by atoms with van der Waals surface area (Å²) in [5.41, 5.74) is 2.62. The summed E-state index contributed by atoms with van der Waals surface area (Å²) in [7, 11) is 0. The van der Waals surface area contributed by atoms with Crippen molar-refractivity contribution in [3.63, 3.8) is 0 Å². The zero-order valence-electron chi connectivity index (χ0n) is 13.2. The maximum atomic E-state index is 12.2. The molecule has 120 valence electrons. The van der Waals surface area contributed by atoms with Crippen LogP contribution in [-0.4, -0.2) is 28.7 Å². The number of aromatic nitrogens is 1. The Hall–Kier alpha value is -2.69. The highest BCUT2D eigenvalue weighted by atomic mass is 16.5. The Labute approximate surface area is 134 Å². The molecule has 1 aromatic carbocycles. The molecule has 0 amide bonds. The summed E-state index contributed by atoms with van der Waals surface area (Å²) in [6.45, 7) is 4.26. The van der Waals surface area contributed by atoms with Crippen LogP contribution in [0, 0.1) is 6.92 Å². The van der Waals surface area contributed by atoms with Gasteiger partial charge in [0.2, 0.25) is 5.78 Å². The van der Waals surface area contributed by atoms with Crippen LogP contribution in [0.3, 0.4) is 0 Å². The van der Waals surface area contributed by atoms with Crippen molar-refractivity contribution >= 4 is 17.5 Å². The topological polar surface area (TPSA) is 65.4 Å². The average Bonchev–Trinajstić information content (AvgIpc) is 2.98. The second kappa shape index (κ2) is 7.54. The largest absolute Gasteiger partial charge is 0.460 e. The lowest BCUT2D eigenvalue weighted by Gasteiger charge is -2.09. The summed E-state index contributed by atoms with van der Waals surface area (Å²) in [6, 6.07) is 11.4. The van der Waals surface area contributed by atoms with Crippen molar-refractivity contribution < 1.29 is 19.1 Å². The van der Waals surface area contributed by atoms with Gasteiger partial charge in [-0.3, -0.25) is 9.59 Å². The van der Waals surface area contributed by atoms with E-state index in [0.29, 0.717) is 12.2 Å². The lowest BCUT2D eigenvalue weighted by atomic mass is 10.1. The van der Waals surface area contributed by atoms with Gasteiger partial charge in [-0.25, -0.2) is 4.79 Å². The van der Waals surface area contributed by atoms with Crippen molar-refractivity contribution in [2.45, 2.75) is 26.8 Å². The molecule has 2 aromatic rings. The number of hydrogen-bond donors (Lipinski definition) is 0. The summed E-state index contributed by atoms with van der Waals surface area (Å²) in [5, 5.41) is 0. The van der Waals surface area contributed by atoms with Crippen LogP contribution < -0.4 is 0 Å². The molecule has 0 aliphatic carbocycles. The molecule has 0 atom stereocenters. The SMILES string of the molecule is CCOC(=O)C(=O)CC(=O)c1cccn1Cc1ccc(C)cc1. The number of carbonyl (C=O) groups is 3. The Morgan fingerprint density at radius 1 is 1.09 bits per heavy atom. The Morgan fingerprint density at radius 2 is 1.78 bits per heavy atom. The van der Waals surface area contributed by atoms with Crippen LogP contribution in [0.1, 0.15) is 35.0 Å². The fourth-order valence-corrected chi connectivity index (χ4v) is 2.22. The molecule has 23 heavy (non-hydrogen) atoms. The molecule has 0 unspecified atom stereocenters. The monoisotopic (exact) mass is 313 g/mol. The van der Waals surface area contributed by atoms with Crippen molar-refractivity contribution in [3.8, 4) is 0 Å². The highest BCUT2D eigenvalue weighted by Gasteiger charge is 2.21. The first-order valence-corrected chi connectivity index (χ1v) is 7.45. The smallest absolute Gasteiger partial charge is 0.375 e. The maximum absolute atomic E-state index is 12.2. The van der Waals surface area contributed by atoms with Gasteiger partial charge in [0, 0.05) is 12.7 Å². The molecule has 0 bridgehead atoms. The van der Waals surface area contributed by atoms with Gasteiger partial charge in [0.15, 0.2) is 5.78 Å². The molecule has 0 spiro atoms. The Balaban J connectivity index is 2.08. The number of ether oxygens (including phenoxy) is 1. The fourth-order valence-electron chi connectivity index (χ4n) is 2.22. The van der Waals surface area contributed by atoms with Crippen LogP contribution in [0.5, 0.6) is 0 Å². The van der Waals surface area contributed by atoms with E-state index in [-0.39, 0.29) is 12.4 Å². The van der Waals surface area contributed by atoms with E-state index in [0.717, 1.165) is 11.1 Å². The highest BCUT2D eigenvalue weighted by Crippen LogP contribution is 2.11. The van der Waals surface area contributed by atoms with E-state index >= 15 is 0 Å². The van der Waals surface area contributed by atoms with Gasteiger partial charge in [-0.05, 0) is 31.5 Å². The number of Topliss-reactive ketones (excluding diaryl/α,β-unsaturated/α-hetero) is 2. The lowest BCUT2D eigenvalue weighted by molar-refractivity contribution is -0.153. The Morgan fingerprint density at radius 3 is 2.43 bits per heavy atom. The second-order valence-electron chi connectivity index (χ2n) is 5.25. The molecule has 0 radical (unpaired) electrons. The molecular weight excluding hydrogens is 294 g/mol. The first-order valence-electron chi connectivity index (χ1n) is 7.45. The minimum Gasteiger partial charge on any atom is -0.460 e. The van der Waals surface area contributed by atoms with Gasteiger partial charge in [-0.15, -0.1) is 0 Å². The zero-order chi connectivity index (χ0) is 16.8. The van der Waals surface area contributed by atoms with Gasteiger partial charge >= 0.3 is 5.97 Å². The van der Waals surface area contributed by atoms with Crippen molar-refractivity contribution in [2.24, 2.45) is 0 Å². The predicted molar refractivity (Wildman–Crippen MR) is 85.3 cm³/mol. The summed E-state index contributed by atoms with van der Waals surface area (Å²) < 4.78 is 6.38. The summed E-state index contributed by atoms with van der Waals surface area (Å²) >= 11 is 0. The van der Waals surface area contributed by atoms with Gasteiger partial charge in [0.1, 0.15) is 0 Å². The van der Waals surface area contributed by atoms with Gasteiger partial charge < -0.3 is 9.30 Å². The third-order valence-electron chi connectivity index (χ3n) is 3.41. The minimum atomic E-state index is -0.961. The van der Waals surface area contributed by atoms with Gasteiger partial charge in [0.05, 0.1) is 18.7 Å². The number of esters is 1. The number of aryl methyl sites for hydroxylation is 1. The van der Waals surface area contributed by atoms with E-state index in [2.05, 4.69) is 4.74 Å². The van der Waals surface area contributed by atoms with E-state index in [9.17, 15) is 14.4 Å². The molecule has 2 rings (SSSR count). The normalized spacial score (nSPS) is 10.3. The van der Waals surface area contributed by atoms with Crippen molar-refractivity contribution in [1.82, 2.24) is 4.57 Å². The Bertz CT molecular complexity index is 713. The number of ketones is 2. The van der Waals surface area contributed by atoms with Crippen LogP contribution >= 0.6 is 0 Å². The first-order chi connectivity index (χ1) is 11.0. The standard InChI is InChI=1S/C18H19NO4/c1-3-23-18(22)17(21)11-16(20)15-5-4-10-19(15)12-14-8-6-13(2)7-9-14/h4-10H,3,11-12H2,1-2H3. The number of rotatable bonds is 7. The molecule has 5 nitrogen and oxygen atoms in total. The molecule has 5 heteroatoms. The van der Waals surface area contributed by atoms with Crippen LogP contribution in [-0.2, 0) is 20.9 Å². The van der Waals surface area contributed by atoms with Crippen molar-refractivity contribution in [1.29, 1.82) is 0 Å². The van der Waals surface area contributed by atoms with Crippen LogP contribution in [0.25, 0.3) is 0 Å². The second-order valence-corrected chi connectivity index (χ2v) is 5.25. The third-order valence-corrected chi connectivity index (χ3v) is 3.41. The molecule has 0 N–H and O–H groups in total. The summed E-state index contributed by atoms with van der Waals surface area (Å²) in [4.78, 5) is 35.2. The first kappa shape index (κ1) is 16.7. The molecule has 0 saturated carbocycles. The van der Waals surface area contributed by atoms with E-state index in [1.165, 1.54) is 0 Å². The summed E-state index contributed by atoms with van der Waals surface area (Å²) in [5.74, 6) is -2.17. The van der Waals surface area contributed by atoms with Gasteiger partial charge in [0.25, 0.3) is 0 Å². The zero-order valence-corrected chi connectivity index (χ0v) is 13.2. The lowest BCUT2D eigenvalue weighted by Crippen LogP contribution is -2.22. The van der Waals surface area contributed by atoms with Crippen LogP contribution in [0.15, 0.2) is 42.6 Å². The number of benzene rings is 1. The van der Waals surface area contributed by atoms with Crippen LogP contribution in [0.2, 0.25) is 0 Å².